The minimum absolute atomic E-state index is 0.235. The Balaban J connectivity index is 2.51. The van der Waals surface area contributed by atoms with Gasteiger partial charge in [-0.15, -0.1) is 11.3 Å². The molecule has 0 amide bonds. The fourth-order valence-corrected chi connectivity index (χ4v) is 1.87. The normalized spacial score (nSPS) is 10.1. The molecule has 1 nitrogen and oxygen atoms in total. The van der Waals surface area contributed by atoms with Gasteiger partial charge in [0, 0.05) is 15.8 Å². The van der Waals surface area contributed by atoms with Crippen molar-refractivity contribution in [1.29, 1.82) is 0 Å². The minimum atomic E-state index is -0.235. The first kappa shape index (κ1) is 9.21. The van der Waals surface area contributed by atoms with Crippen LogP contribution < -0.4 is 4.74 Å². The molecule has 0 fully saturated rings. The minimum Gasteiger partial charge on any atom is -0.497 e. The molecule has 2 aromatic rings. The van der Waals surface area contributed by atoms with Crippen LogP contribution in [-0.4, -0.2) is 7.11 Å². The van der Waals surface area contributed by atoms with Gasteiger partial charge in [-0.1, -0.05) is 0 Å². The molecule has 0 atom stereocenters. The molecule has 3 heteroatoms. The van der Waals surface area contributed by atoms with Crippen molar-refractivity contribution in [3.8, 4) is 16.2 Å². The topological polar surface area (TPSA) is 9.23 Å². The first-order valence-corrected chi connectivity index (χ1v) is 4.92. The lowest BCUT2D eigenvalue weighted by atomic mass is 10.1. The molecule has 0 aliphatic rings. The highest BCUT2D eigenvalue weighted by atomic mass is 32.1. The molecule has 0 unspecified atom stereocenters. The molecule has 71 valence electrons. The lowest BCUT2D eigenvalue weighted by Crippen LogP contribution is -1.86. The van der Waals surface area contributed by atoms with Crippen LogP contribution in [0.3, 0.4) is 0 Å². The van der Waals surface area contributed by atoms with Gasteiger partial charge in [0.15, 0.2) is 0 Å². The summed E-state index contributed by atoms with van der Waals surface area (Å²) in [6.07, 6.45) is 0. The first-order chi connectivity index (χ1) is 6.81. The molecule has 0 bridgehead atoms. The van der Waals surface area contributed by atoms with Gasteiger partial charge in [0.25, 0.3) is 0 Å². The standard InChI is InChI=1S/C11H8FOS/c1-13-8-4-5-10(12)9(7-8)11-3-2-6-14-11/h2-5,7H,1H3. The van der Waals surface area contributed by atoms with E-state index in [0.717, 1.165) is 4.88 Å². The predicted octanol–water partition coefficient (Wildman–Crippen LogP) is 3.36. The van der Waals surface area contributed by atoms with Crippen molar-refractivity contribution in [1.82, 2.24) is 0 Å². The van der Waals surface area contributed by atoms with E-state index in [2.05, 4.69) is 5.38 Å². The molecular weight excluding hydrogens is 199 g/mol. The Bertz CT molecular complexity index is 423. The highest BCUT2D eigenvalue weighted by molar-refractivity contribution is 7.13. The summed E-state index contributed by atoms with van der Waals surface area (Å²) in [5, 5.41) is 2.93. The van der Waals surface area contributed by atoms with E-state index in [-0.39, 0.29) is 5.82 Å². The maximum absolute atomic E-state index is 13.4. The highest BCUT2D eigenvalue weighted by Crippen LogP contribution is 2.29. The van der Waals surface area contributed by atoms with E-state index < -0.39 is 0 Å². The molecule has 0 saturated carbocycles. The Morgan fingerprint density at radius 1 is 1.36 bits per heavy atom. The Morgan fingerprint density at radius 3 is 2.86 bits per heavy atom. The van der Waals surface area contributed by atoms with Crippen LogP contribution in [0.5, 0.6) is 5.75 Å². The zero-order valence-electron chi connectivity index (χ0n) is 7.58. The number of hydrogen-bond donors (Lipinski definition) is 0. The van der Waals surface area contributed by atoms with Gasteiger partial charge in [-0.2, -0.15) is 0 Å². The van der Waals surface area contributed by atoms with Crippen LogP contribution >= 0.6 is 11.3 Å². The number of hydrogen-bond acceptors (Lipinski definition) is 2. The summed E-state index contributed by atoms with van der Waals surface area (Å²) < 4.78 is 18.4. The van der Waals surface area contributed by atoms with E-state index in [1.54, 1.807) is 25.3 Å². The number of rotatable bonds is 2. The predicted molar refractivity (Wildman–Crippen MR) is 55.1 cm³/mol. The molecule has 0 N–H and O–H groups in total. The van der Waals surface area contributed by atoms with Crippen molar-refractivity contribution in [3.63, 3.8) is 0 Å². The first-order valence-electron chi connectivity index (χ1n) is 4.11. The molecule has 1 radical (unpaired) electrons. The zero-order valence-corrected chi connectivity index (χ0v) is 8.40. The Morgan fingerprint density at radius 2 is 2.21 bits per heavy atom. The van der Waals surface area contributed by atoms with Gasteiger partial charge in [0.2, 0.25) is 0 Å². The van der Waals surface area contributed by atoms with E-state index in [4.69, 9.17) is 4.74 Å². The largest absolute Gasteiger partial charge is 0.497 e. The lowest BCUT2D eigenvalue weighted by molar-refractivity contribution is 0.414. The van der Waals surface area contributed by atoms with Crippen molar-refractivity contribution in [2.75, 3.05) is 7.11 Å². The summed E-state index contributed by atoms with van der Waals surface area (Å²) in [6.45, 7) is 0. The average molecular weight is 207 g/mol. The van der Waals surface area contributed by atoms with Gasteiger partial charge in [-0.3, -0.25) is 0 Å². The summed E-state index contributed by atoms with van der Waals surface area (Å²) in [7, 11) is 1.57. The van der Waals surface area contributed by atoms with Gasteiger partial charge >= 0.3 is 0 Å². The Kier molecular flexibility index (Phi) is 2.50. The van der Waals surface area contributed by atoms with Crippen LogP contribution in [0.25, 0.3) is 10.4 Å². The fourth-order valence-electron chi connectivity index (χ4n) is 1.21. The number of halogens is 1. The molecule has 2 rings (SSSR count). The maximum atomic E-state index is 13.4. The number of benzene rings is 1. The molecule has 0 saturated heterocycles. The SMILES string of the molecule is COc1ccc(F)c(-c2cc[c]s2)c1. The average Bonchev–Trinajstić information content (AvgIpc) is 2.71. The summed E-state index contributed by atoms with van der Waals surface area (Å²) >= 11 is 1.39. The number of ether oxygens (including phenoxy) is 1. The van der Waals surface area contributed by atoms with Gasteiger partial charge < -0.3 is 4.74 Å². The molecule has 14 heavy (non-hydrogen) atoms. The monoisotopic (exact) mass is 207 g/mol. The quantitative estimate of drug-likeness (QED) is 0.733. The summed E-state index contributed by atoms with van der Waals surface area (Å²) in [6, 6.07) is 8.32. The van der Waals surface area contributed by atoms with Crippen molar-refractivity contribution >= 4 is 11.3 Å². The van der Waals surface area contributed by atoms with Crippen LogP contribution in [0.4, 0.5) is 4.39 Å². The second-order valence-corrected chi connectivity index (χ2v) is 3.64. The highest BCUT2D eigenvalue weighted by Gasteiger charge is 2.07. The van der Waals surface area contributed by atoms with E-state index in [1.165, 1.54) is 17.4 Å². The van der Waals surface area contributed by atoms with Crippen molar-refractivity contribution in [2.45, 2.75) is 0 Å². The van der Waals surface area contributed by atoms with Gasteiger partial charge in [-0.25, -0.2) is 4.39 Å². The van der Waals surface area contributed by atoms with Crippen molar-refractivity contribution in [2.24, 2.45) is 0 Å². The van der Waals surface area contributed by atoms with E-state index >= 15 is 0 Å². The summed E-state index contributed by atoms with van der Waals surface area (Å²) in [5.74, 6) is 0.427. The molecular formula is C11H8FOS. The fraction of sp³-hybridized carbons (Fsp3) is 0.0909. The molecule has 0 spiro atoms. The van der Waals surface area contributed by atoms with Crippen molar-refractivity contribution < 1.29 is 9.13 Å². The Labute approximate surface area is 85.8 Å². The number of methoxy groups -OCH3 is 1. The third-order valence-corrected chi connectivity index (χ3v) is 2.74. The summed E-state index contributed by atoms with van der Waals surface area (Å²) in [4.78, 5) is 0.862. The van der Waals surface area contributed by atoms with E-state index in [0.29, 0.717) is 11.3 Å². The van der Waals surface area contributed by atoms with Crippen LogP contribution in [0, 0.1) is 11.2 Å². The van der Waals surface area contributed by atoms with Crippen molar-refractivity contribution in [3.05, 3.63) is 41.5 Å². The van der Waals surface area contributed by atoms with Crippen LogP contribution in [-0.2, 0) is 0 Å². The Hall–Kier alpha value is -1.35. The van der Waals surface area contributed by atoms with Crippen LogP contribution in [0.1, 0.15) is 0 Å². The maximum Gasteiger partial charge on any atom is 0.132 e. The second-order valence-electron chi connectivity index (χ2n) is 2.76. The van der Waals surface area contributed by atoms with E-state index in [1.807, 2.05) is 6.07 Å². The third kappa shape index (κ3) is 1.63. The third-order valence-electron chi connectivity index (χ3n) is 1.91. The second kappa shape index (κ2) is 3.80. The van der Waals surface area contributed by atoms with Gasteiger partial charge in [0.05, 0.1) is 7.11 Å². The summed E-state index contributed by atoms with van der Waals surface area (Å²) in [5.41, 5.74) is 0.565. The van der Waals surface area contributed by atoms with E-state index in [9.17, 15) is 4.39 Å². The molecule has 0 aliphatic carbocycles. The molecule has 1 heterocycles. The lowest BCUT2D eigenvalue weighted by Gasteiger charge is -2.03. The molecule has 0 aliphatic heterocycles. The van der Waals surface area contributed by atoms with Crippen LogP contribution in [0.15, 0.2) is 30.3 Å². The van der Waals surface area contributed by atoms with Gasteiger partial charge in [0.1, 0.15) is 11.6 Å². The molecule has 1 aromatic heterocycles. The smallest absolute Gasteiger partial charge is 0.132 e. The van der Waals surface area contributed by atoms with Crippen LogP contribution in [0.2, 0.25) is 0 Å². The zero-order chi connectivity index (χ0) is 9.97. The molecule has 1 aromatic carbocycles. The van der Waals surface area contributed by atoms with Gasteiger partial charge in [-0.05, 0) is 30.3 Å². The number of thiophene rings is 1.